The second-order valence-electron chi connectivity index (χ2n) is 5.29. The average Bonchev–Trinajstić information content (AvgIpc) is 2.52. The highest BCUT2D eigenvalue weighted by molar-refractivity contribution is 14.0. The van der Waals surface area contributed by atoms with E-state index in [0.29, 0.717) is 12.1 Å². The third-order valence-electron chi connectivity index (χ3n) is 3.61. The average molecular weight is 427 g/mol. The van der Waals surface area contributed by atoms with E-state index in [2.05, 4.69) is 34.7 Å². The molecule has 5 heteroatoms. The molecule has 124 valence electrons. The summed E-state index contributed by atoms with van der Waals surface area (Å²) >= 11 is 0. The fourth-order valence-electron chi connectivity index (χ4n) is 2.21. The van der Waals surface area contributed by atoms with Gasteiger partial charge in [0, 0.05) is 20.1 Å². The highest BCUT2D eigenvalue weighted by Gasteiger charge is 2.02. The van der Waals surface area contributed by atoms with Crippen LogP contribution in [0.5, 0.6) is 0 Å². The Hall–Kier alpha value is -1.63. The molecule has 0 aliphatic carbocycles. The van der Waals surface area contributed by atoms with E-state index in [1.165, 1.54) is 17.2 Å². The van der Waals surface area contributed by atoms with Gasteiger partial charge in [-0.1, -0.05) is 36.4 Å². The quantitative estimate of drug-likeness (QED) is 0.441. The molecule has 2 N–H and O–H groups in total. The highest BCUT2D eigenvalue weighted by Crippen LogP contribution is 2.09. The van der Waals surface area contributed by atoms with Crippen molar-refractivity contribution >= 4 is 29.9 Å². The van der Waals surface area contributed by atoms with Gasteiger partial charge in [-0.15, -0.1) is 24.0 Å². The first kappa shape index (κ1) is 19.4. The molecule has 0 fully saturated rings. The minimum atomic E-state index is -0.175. The number of halogens is 2. The van der Waals surface area contributed by atoms with Crippen molar-refractivity contribution in [1.29, 1.82) is 0 Å². The molecule has 0 aliphatic rings. The van der Waals surface area contributed by atoms with E-state index in [1.54, 1.807) is 20.0 Å². The zero-order chi connectivity index (χ0) is 15.9. The van der Waals surface area contributed by atoms with Crippen molar-refractivity contribution in [3.05, 3.63) is 70.5 Å². The van der Waals surface area contributed by atoms with Crippen molar-refractivity contribution in [2.24, 2.45) is 4.99 Å². The number of aryl methyl sites for hydroxylation is 2. The monoisotopic (exact) mass is 427 g/mol. The number of nitrogens with one attached hydrogen (secondary N) is 2. The number of aliphatic imine (C=N–C) groups is 1. The fourth-order valence-corrected chi connectivity index (χ4v) is 2.21. The van der Waals surface area contributed by atoms with Gasteiger partial charge in [0.1, 0.15) is 5.82 Å². The first-order chi connectivity index (χ1) is 10.6. The lowest BCUT2D eigenvalue weighted by Gasteiger charge is -2.13. The minimum absolute atomic E-state index is 0. The predicted octanol–water partition coefficient (Wildman–Crippen LogP) is 3.93. The van der Waals surface area contributed by atoms with Crippen molar-refractivity contribution in [2.75, 3.05) is 7.05 Å². The lowest BCUT2D eigenvalue weighted by Crippen LogP contribution is -2.36. The van der Waals surface area contributed by atoms with Gasteiger partial charge >= 0.3 is 0 Å². The van der Waals surface area contributed by atoms with Crippen molar-refractivity contribution < 1.29 is 4.39 Å². The molecule has 0 saturated carbocycles. The van der Waals surface area contributed by atoms with Crippen molar-refractivity contribution in [2.45, 2.75) is 26.9 Å². The lowest BCUT2D eigenvalue weighted by atomic mass is 10.1. The Labute approximate surface area is 154 Å². The largest absolute Gasteiger partial charge is 0.352 e. The minimum Gasteiger partial charge on any atom is -0.352 e. The summed E-state index contributed by atoms with van der Waals surface area (Å²) in [6.07, 6.45) is 0. The summed E-state index contributed by atoms with van der Waals surface area (Å²) in [5.41, 5.74) is 4.17. The zero-order valence-corrected chi connectivity index (χ0v) is 16.0. The third-order valence-corrected chi connectivity index (χ3v) is 3.61. The van der Waals surface area contributed by atoms with Crippen molar-refractivity contribution in [3.8, 4) is 0 Å². The summed E-state index contributed by atoms with van der Waals surface area (Å²) in [6, 6.07) is 13.4. The maximum absolute atomic E-state index is 13.3. The molecule has 0 amide bonds. The molecule has 0 spiro atoms. The van der Waals surface area contributed by atoms with Crippen LogP contribution in [0.15, 0.2) is 47.5 Å². The predicted molar refractivity (Wildman–Crippen MR) is 105 cm³/mol. The molecular weight excluding hydrogens is 404 g/mol. The smallest absolute Gasteiger partial charge is 0.191 e. The molecule has 0 radical (unpaired) electrons. The first-order valence-corrected chi connectivity index (χ1v) is 7.34. The van der Waals surface area contributed by atoms with Crippen LogP contribution in [0.1, 0.15) is 22.3 Å². The molecule has 2 aromatic rings. The van der Waals surface area contributed by atoms with E-state index in [-0.39, 0.29) is 29.8 Å². The Bertz CT molecular complexity index is 671. The van der Waals surface area contributed by atoms with Crippen LogP contribution >= 0.6 is 24.0 Å². The van der Waals surface area contributed by atoms with E-state index < -0.39 is 0 Å². The van der Waals surface area contributed by atoms with Gasteiger partial charge in [0.2, 0.25) is 0 Å². The summed E-state index contributed by atoms with van der Waals surface area (Å²) in [7, 11) is 1.74. The third kappa shape index (κ3) is 5.82. The van der Waals surface area contributed by atoms with Crippen LogP contribution in [0.2, 0.25) is 0 Å². The van der Waals surface area contributed by atoms with Gasteiger partial charge in [0.15, 0.2) is 5.96 Å². The van der Waals surface area contributed by atoms with Crippen LogP contribution in [0.3, 0.4) is 0 Å². The number of guanidine groups is 1. The number of rotatable bonds is 4. The van der Waals surface area contributed by atoms with Gasteiger partial charge in [-0.25, -0.2) is 4.39 Å². The van der Waals surface area contributed by atoms with E-state index in [1.807, 2.05) is 18.2 Å². The Balaban J connectivity index is 0.00000264. The summed E-state index contributed by atoms with van der Waals surface area (Å²) in [5, 5.41) is 6.53. The molecule has 0 unspecified atom stereocenters. The Morgan fingerprint density at radius 2 is 1.70 bits per heavy atom. The standard InChI is InChI=1S/C18H22FN3.HI/c1-13-6-4-5-7-16(13)12-22-18(20-3)21-11-15-8-9-17(19)14(2)10-15;/h4-10H,11-12H2,1-3H3,(H2,20,21,22);1H. The maximum Gasteiger partial charge on any atom is 0.191 e. The molecule has 2 aromatic carbocycles. The molecule has 3 nitrogen and oxygen atoms in total. The zero-order valence-electron chi connectivity index (χ0n) is 13.7. The van der Waals surface area contributed by atoms with Crippen molar-refractivity contribution in [1.82, 2.24) is 10.6 Å². The SMILES string of the molecule is CN=C(NCc1ccc(F)c(C)c1)NCc1ccccc1C.I. The molecule has 0 saturated heterocycles. The molecule has 0 heterocycles. The van der Waals surface area contributed by atoms with Gasteiger partial charge < -0.3 is 10.6 Å². The topological polar surface area (TPSA) is 36.4 Å². The lowest BCUT2D eigenvalue weighted by molar-refractivity contribution is 0.617. The fraction of sp³-hybridized carbons (Fsp3) is 0.278. The van der Waals surface area contributed by atoms with Crippen molar-refractivity contribution in [3.63, 3.8) is 0 Å². The first-order valence-electron chi connectivity index (χ1n) is 7.34. The van der Waals surface area contributed by atoms with Crippen LogP contribution in [0.25, 0.3) is 0 Å². The van der Waals surface area contributed by atoms with Crippen LogP contribution in [-0.4, -0.2) is 13.0 Å². The maximum atomic E-state index is 13.3. The second kappa shape index (κ2) is 9.50. The summed E-state index contributed by atoms with van der Waals surface area (Å²) in [5.74, 6) is 0.552. The van der Waals surface area contributed by atoms with E-state index in [9.17, 15) is 4.39 Å². The van der Waals surface area contributed by atoms with Gasteiger partial charge in [-0.05, 0) is 42.2 Å². The van der Waals surface area contributed by atoms with E-state index in [0.717, 1.165) is 18.1 Å². The Morgan fingerprint density at radius 3 is 2.35 bits per heavy atom. The molecule has 2 rings (SSSR count). The summed E-state index contributed by atoms with van der Waals surface area (Å²) in [4.78, 5) is 4.21. The second-order valence-corrected chi connectivity index (χ2v) is 5.29. The highest BCUT2D eigenvalue weighted by atomic mass is 127. The normalized spacial score (nSPS) is 10.9. The Kier molecular flexibility index (Phi) is 8.02. The van der Waals surface area contributed by atoms with Crippen LogP contribution in [-0.2, 0) is 13.1 Å². The van der Waals surface area contributed by atoms with E-state index >= 15 is 0 Å². The van der Waals surface area contributed by atoms with Crippen LogP contribution in [0.4, 0.5) is 4.39 Å². The molecule has 0 aromatic heterocycles. The number of nitrogens with zero attached hydrogens (tertiary/aromatic N) is 1. The van der Waals surface area contributed by atoms with Crippen LogP contribution in [0, 0.1) is 19.7 Å². The molecule has 0 aliphatic heterocycles. The number of hydrogen-bond donors (Lipinski definition) is 2. The summed E-state index contributed by atoms with van der Waals surface area (Å²) in [6.45, 7) is 5.18. The molecular formula is C18H23FIN3. The molecule has 23 heavy (non-hydrogen) atoms. The Morgan fingerprint density at radius 1 is 1.00 bits per heavy atom. The number of benzene rings is 2. The molecule has 0 atom stereocenters. The number of hydrogen-bond acceptors (Lipinski definition) is 1. The molecule has 0 bridgehead atoms. The van der Waals surface area contributed by atoms with Gasteiger partial charge in [0.25, 0.3) is 0 Å². The summed E-state index contributed by atoms with van der Waals surface area (Å²) < 4.78 is 13.3. The van der Waals surface area contributed by atoms with Gasteiger partial charge in [-0.3, -0.25) is 4.99 Å². The van der Waals surface area contributed by atoms with Crippen LogP contribution < -0.4 is 10.6 Å². The van der Waals surface area contributed by atoms with Gasteiger partial charge in [0.05, 0.1) is 0 Å². The van der Waals surface area contributed by atoms with Gasteiger partial charge in [-0.2, -0.15) is 0 Å². The van der Waals surface area contributed by atoms with E-state index in [4.69, 9.17) is 0 Å².